The van der Waals surface area contributed by atoms with E-state index in [4.69, 9.17) is 14.3 Å². The number of phosphoric ester groups is 1. The van der Waals surface area contributed by atoms with Gasteiger partial charge in [0.2, 0.25) is 0 Å². The molecule has 0 aliphatic carbocycles. The van der Waals surface area contributed by atoms with Crippen LogP contribution in [0.15, 0.2) is 36.4 Å². The molecule has 0 radical (unpaired) electrons. The van der Waals surface area contributed by atoms with Crippen molar-refractivity contribution >= 4 is 18.6 Å². The average Bonchev–Trinajstić information content (AvgIpc) is 2.50. The lowest BCUT2D eigenvalue weighted by molar-refractivity contribution is 0.282. The highest BCUT2D eigenvalue weighted by molar-refractivity contribution is 7.46. The van der Waals surface area contributed by atoms with Gasteiger partial charge in [0.15, 0.2) is 0 Å². The van der Waals surface area contributed by atoms with E-state index in [-0.39, 0.29) is 0 Å². The van der Waals surface area contributed by atoms with Gasteiger partial charge in [-0.25, -0.2) is 4.57 Å². The summed E-state index contributed by atoms with van der Waals surface area (Å²) >= 11 is 0. The Labute approximate surface area is 137 Å². The molecule has 126 valence electrons. The van der Waals surface area contributed by atoms with Gasteiger partial charge in [0, 0.05) is 5.56 Å². The molecule has 0 fully saturated rings. The van der Waals surface area contributed by atoms with Gasteiger partial charge in [0.05, 0.1) is 0 Å². The molecule has 23 heavy (non-hydrogen) atoms. The van der Waals surface area contributed by atoms with E-state index in [0.29, 0.717) is 5.75 Å². The van der Waals surface area contributed by atoms with Crippen LogP contribution >= 0.6 is 7.82 Å². The highest BCUT2D eigenvalue weighted by Crippen LogP contribution is 2.41. The second kappa shape index (κ2) is 8.49. The first-order valence-electron chi connectivity index (χ1n) is 8.27. The quantitative estimate of drug-likeness (QED) is 0.487. The van der Waals surface area contributed by atoms with Crippen LogP contribution in [-0.4, -0.2) is 9.79 Å². The molecular weight excluding hydrogens is 311 g/mol. The lowest BCUT2D eigenvalue weighted by atomic mass is 9.98. The third-order valence-electron chi connectivity index (χ3n) is 4.00. The maximum Gasteiger partial charge on any atom is 0.524 e. The van der Waals surface area contributed by atoms with Gasteiger partial charge in [0.25, 0.3) is 0 Å². The molecule has 0 aliphatic heterocycles. The molecule has 0 heterocycles. The minimum absolute atomic E-state index is 0.297. The molecule has 0 saturated heterocycles. The van der Waals surface area contributed by atoms with E-state index in [1.807, 2.05) is 30.3 Å². The van der Waals surface area contributed by atoms with Crippen LogP contribution in [0.3, 0.4) is 0 Å². The lowest BCUT2D eigenvalue weighted by Gasteiger charge is -2.14. The molecule has 2 aromatic carbocycles. The second-order valence-electron chi connectivity index (χ2n) is 5.86. The van der Waals surface area contributed by atoms with Gasteiger partial charge in [0.1, 0.15) is 5.75 Å². The normalized spacial score (nSPS) is 11.8. The maximum absolute atomic E-state index is 11.2. The molecule has 4 nitrogen and oxygen atoms in total. The zero-order valence-corrected chi connectivity index (χ0v) is 14.5. The summed E-state index contributed by atoms with van der Waals surface area (Å²) in [5.74, 6) is 0.297. The third-order valence-corrected chi connectivity index (χ3v) is 4.43. The van der Waals surface area contributed by atoms with E-state index < -0.39 is 7.82 Å². The topological polar surface area (TPSA) is 66.8 Å². The minimum Gasteiger partial charge on any atom is -0.404 e. The van der Waals surface area contributed by atoms with Gasteiger partial charge in [-0.2, -0.15) is 0 Å². The van der Waals surface area contributed by atoms with Crippen molar-refractivity contribution in [2.24, 2.45) is 0 Å². The van der Waals surface area contributed by atoms with Crippen molar-refractivity contribution in [1.29, 1.82) is 0 Å². The van der Waals surface area contributed by atoms with E-state index in [1.54, 1.807) is 6.07 Å². The van der Waals surface area contributed by atoms with Gasteiger partial charge in [-0.05, 0) is 29.7 Å². The third kappa shape index (κ3) is 5.65. The standard InChI is InChI=1S/C18H25O4P/c1-2-3-4-5-6-7-12-17-16-11-9-8-10-15(16)13-14-18(17)22-23(19,20)21/h8-11,13-14H,2-7,12H2,1H3,(H2,19,20,21). The van der Waals surface area contributed by atoms with Crippen LogP contribution < -0.4 is 4.52 Å². The molecule has 2 rings (SSSR count). The lowest BCUT2D eigenvalue weighted by Crippen LogP contribution is -1.97. The molecular formula is C18H25O4P. The molecule has 0 unspecified atom stereocenters. The number of hydrogen-bond acceptors (Lipinski definition) is 2. The first-order chi connectivity index (χ1) is 11.0. The molecule has 0 saturated carbocycles. The van der Waals surface area contributed by atoms with Crippen molar-refractivity contribution in [3.63, 3.8) is 0 Å². The fourth-order valence-corrected chi connectivity index (χ4v) is 3.30. The van der Waals surface area contributed by atoms with Crippen LogP contribution in [0.4, 0.5) is 0 Å². The number of rotatable bonds is 9. The first-order valence-corrected chi connectivity index (χ1v) is 9.80. The summed E-state index contributed by atoms with van der Waals surface area (Å²) < 4.78 is 16.1. The molecule has 0 spiro atoms. The molecule has 0 bridgehead atoms. The Morgan fingerprint density at radius 3 is 2.39 bits per heavy atom. The Hall–Kier alpha value is -1.35. The Kier molecular flexibility index (Phi) is 6.64. The van der Waals surface area contributed by atoms with Crippen molar-refractivity contribution in [2.75, 3.05) is 0 Å². The number of hydrogen-bond donors (Lipinski definition) is 2. The first kappa shape index (κ1) is 18.0. The van der Waals surface area contributed by atoms with E-state index in [2.05, 4.69) is 6.92 Å². The summed E-state index contributed by atoms with van der Waals surface area (Å²) in [5, 5.41) is 2.07. The van der Waals surface area contributed by atoms with E-state index in [1.165, 1.54) is 25.7 Å². The molecule has 0 aliphatic rings. The summed E-state index contributed by atoms with van der Waals surface area (Å²) in [6, 6.07) is 11.4. The predicted molar refractivity (Wildman–Crippen MR) is 93.7 cm³/mol. The average molecular weight is 336 g/mol. The molecule has 2 aromatic rings. The Balaban J connectivity index is 2.16. The number of benzene rings is 2. The van der Waals surface area contributed by atoms with Gasteiger partial charge in [-0.1, -0.05) is 69.4 Å². The zero-order chi connectivity index (χ0) is 16.7. The van der Waals surface area contributed by atoms with Gasteiger partial charge < -0.3 is 4.52 Å². The van der Waals surface area contributed by atoms with E-state index >= 15 is 0 Å². The van der Waals surface area contributed by atoms with Crippen LogP contribution in [0.1, 0.15) is 51.0 Å². The van der Waals surface area contributed by atoms with Crippen LogP contribution in [0.5, 0.6) is 5.75 Å². The van der Waals surface area contributed by atoms with Crippen molar-refractivity contribution in [3.8, 4) is 5.75 Å². The summed E-state index contributed by atoms with van der Waals surface area (Å²) in [6.07, 6.45) is 7.83. The maximum atomic E-state index is 11.2. The second-order valence-corrected chi connectivity index (χ2v) is 7.03. The smallest absolute Gasteiger partial charge is 0.404 e. The van der Waals surface area contributed by atoms with Crippen molar-refractivity contribution in [1.82, 2.24) is 0 Å². The number of unbranched alkanes of at least 4 members (excludes halogenated alkanes) is 5. The molecule has 0 atom stereocenters. The van der Waals surface area contributed by atoms with Crippen LogP contribution in [-0.2, 0) is 11.0 Å². The Morgan fingerprint density at radius 2 is 1.65 bits per heavy atom. The van der Waals surface area contributed by atoms with Crippen molar-refractivity contribution < 1.29 is 18.9 Å². The van der Waals surface area contributed by atoms with Crippen LogP contribution in [0, 0.1) is 0 Å². The molecule has 0 amide bonds. The minimum atomic E-state index is -4.55. The summed E-state index contributed by atoms with van der Waals surface area (Å²) in [6.45, 7) is 2.20. The Morgan fingerprint density at radius 1 is 0.957 bits per heavy atom. The zero-order valence-electron chi connectivity index (χ0n) is 13.6. The van der Waals surface area contributed by atoms with Gasteiger partial charge in [-0.15, -0.1) is 0 Å². The van der Waals surface area contributed by atoms with E-state index in [9.17, 15) is 4.57 Å². The van der Waals surface area contributed by atoms with Gasteiger partial charge >= 0.3 is 7.82 Å². The molecule has 5 heteroatoms. The number of fused-ring (bicyclic) bond motifs is 1. The fourth-order valence-electron chi connectivity index (χ4n) is 2.87. The number of aryl methyl sites for hydroxylation is 1. The van der Waals surface area contributed by atoms with Gasteiger partial charge in [-0.3, -0.25) is 9.79 Å². The highest BCUT2D eigenvalue weighted by Gasteiger charge is 2.19. The SMILES string of the molecule is CCCCCCCCc1c(OP(=O)(O)O)ccc2ccccc12. The van der Waals surface area contributed by atoms with Crippen LogP contribution in [0.25, 0.3) is 10.8 Å². The highest BCUT2D eigenvalue weighted by atomic mass is 31.2. The summed E-state index contributed by atoms with van der Waals surface area (Å²) in [4.78, 5) is 18.3. The Bertz CT molecular complexity index is 678. The predicted octanol–water partition coefficient (Wildman–Crippen LogP) is 5.21. The monoisotopic (exact) mass is 336 g/mol. The van der Waals surface area contributed by atoms with Crippen LogP contribution in [0.2, 0.25) is 0 Å². The summed E-state index contributed by atoms with van der Waals surface area (Å²) in [5.41, 5.74) is 0.891. The number of phosphoric acid groups is 1. The molecule has 0 aromatic heterocycles. The van der Waals surface area contributed by atoms with E-state index in [0.717, 1.165) is 35.6 Å². The largest absolute Gasteiger partial charge is 0.524 e. The fraction of sp³-hybridized carbons (Fsp3) is 0.444. The summed E-state index contributed by atoms with van der Waals surface area (Å²) in [7, 11) is -4.55. The van der Waals surface area contributed by atoms with Crippen molar-refractivity contribution in [3.05, 3.63) is 42.0 Å². The molecule has 2 N–H and O–H groups in total. The van der Waals surface area contributed by atoms with Crippen molar-refractivity contribution in [2.45, 2.75) is 51.9 Å².